The zero-order valence-corrected chi connectivity index (χ0v) is 15.7. The summed E-state index contributed by atoms with van der Waals surface area (Å²) in [6.45, 7) is 3.80. The van der Waals surface area contributed by atoms with Gasteiger partial charge in [-0.3, -0.25) is 0 Å². The predicted molar refractivity (Wildman–Crippen MR) is 96.1 cm³/mol. The molecule has 3 heterocycles. The van der Waals surface area contributed by atoms with Crippen LogP contribution < -0.4 is 0 Å². The first kappa shape index (κ1) is 16.7. The second-order valence-corrected chi connectivity index (χ2v) is 9.19. The van der Waals surface area contributed by atoms with Crippen LogP contribution in [0.1, 0.15) is 41.8 Å². The summed E-state index contributed by atoms with van der Waals surface area (Å²) in [6.07, 6.45) is 2.63. The first-order valence-corrected chi connectivity index (χ1v) is 10.5. The molecule has 8 heteroatoms. The third-order valence-electron chi connectivity index (χ3n) is 4.58. The number of sulfonamides is 1. The Hall–Kier alpha value is -1.77. The average Bonchev–Trinajstić information content (AvgIpc) is 3.18. The summed E-state index contributed by atoms with van der Waals surface area (Å²) in [5, 5.41) is 4.67. The van der Waals surface area contributed by atoms with Crippen molar-refractivity contribution in [1.29, 1.82) is 0 Å². The van der Waals surface area contributed by atoms with Gasteiger partial charge in [-0.15, -0.1) is 11.3 Å². The van der Waals surface area contributed by atoms with Crippen LogP contribution >= 0.6 is 11.3 Å². The summed E-state index contributed by atoms with van der Waals surface area (Å²) in [5.74, 6) is 0.339. The van der Waals surface area contributed by atoms with Crippen molar-refractivity contribution < 1.29 is 12.9 Å². The monoisotopic (exact) mass is 377 g/mol. The summed E-state index contributed by atoms with van der Waals surface area (Å²) >= 11 is 1.57. The van der Waals surface area contributed by atoms with Gasteiger partial charge in [-0.2, -0.15) is 4.31 Å². The Morgan fingerprint density at radius 1 is 1.24 bits per heavy atom. The van der Waals surface area contributed by atoms with Crippen molar-refractivity contribution in [1.82, 2.24) is 14.4 Å². The fraction of sp³-hybridized carbons (Fsp3) is 0.412. The van der Waals surface area contributed by atoms with Crippen molar-refractivity contribution in [3.8, 4) is 0 Å². The lowest BCUT2D eigenvalue weighted by molar-refractivity contribution is 0.255. The van der Waals surface area contributed by atoms with E-state index in [1.165, 1.54) is 0 Å². The SMILES string of the molecule is Cc1noc(C)c1S(=O)(=O)N1CCCCC1c1nc2ccccc2s1. The van der Waals surface area contributed by atoms with Gasteiger partial charge in [0.2, 0.25) is 10.0 Å². The molecule has 1 aliphatic heterocycles. The quantitative estimate of drug-likeness (QED) is 0.693. The lowest BCUT2D eigenvalue weighted by Gasteiger charge is -2.33. The Bertz CT molecular complexity index is 970. The Labute approximate surface area is 150 Å². The minimum atomic E-state index is -3.67. The molecule has 1 aliphatic rings. The van der Waals surface area contributed by atoms with Crippen molar-refractivity contribution in [2.45, 2.75) is 44.0 Å². The van der Waals surface area contributed by atoms with Crippen molar-refractivity contribution in [2.24, 2.45) is 0 Å². The molecule has 25 heavy (non-hydrogen) atoms. The molecule has 0 radical (unpaired) electrons. The number of para-hydroxylation sites is 1. The number of hydrogen-bond donors (Lipinski definition) is 0. The minimum absolute atomic E-state index is 0.195. The highest BCUT2D eigenvalue weighted by atomic mass is 32.2. The number of hydrogen-bond acceptors (Lipinski definition) is 6. The van der Waals surface area contributed by atoms with Crippen molar-refractivity contribution in [3.05, 3.63) is 40.7 Å². The number of thiazole rings is 1. The van der Waals surface area contributed by atoms with E-state index in [-0.39, 0.29) is 10.9 Å². The average molecular weight is 377 g/mol. The highest BCUT2D eigenvalue weighted by Gasteiger charge is 2.39. The van der Waals surface area contributed by atoms with Gasteiger partial charge in [0.15, 0.2) is 5.76 Å². The smallest absolute Gasteiger partial charge is 0.249 e. The van der Waals surface area contributed by atoms with Gasteiger partial charge in [0, 0.05) is 6.54 Å². The number of aryl methyl sites for hydroxylation is 2. The summed E-state index contributed by atoms with van der Waals surface area (Å²) in [7, 11) is -3.67. The maximum Gasteiger partial charge on any atom is 0.249 e. The Kier molecular flexibility index (Phi) is 4.13. The largest absolute Gasteiger partial charge is 0.360 e. The molecule has 1 unspecified atom stereocenters. The maximum absolute atomic E-state index is 13.3. The van der Waals surface area contributed by atoms with Crippen molar-refractivity contribution in [3.63, 3.8) is 0 Å². The van der Waals surface area contributed by atoms with Gasteiger partial charge in [-0.1, -0.05) is 23.7 Å². The lowest BCUT2D eigenvalue weighted by Crippen LogP contribution is -2.38. The van der Waals surface area contributed by atoms with Gasteiger partial charge >= 0.3 is 0 Å². The summed E-state index contributed by atoms with van der Waals surface area (Å²) in [4.78, 5) is 4.89. The Balaban J connectivity index is 1.79. The van der Waals surface area contributed by atoms with Crippen LogP contribution in [0.25, 0.3) is 10.2 Å². The van der Waals surface area contributed by atoms with E-state index in [9.17, 15) is 8.42 Å². The van der Waals surface area contributed by atoms with Crippen molar-refractivity contribution in [2.75, 3.05) is 6.54 Å². The molecular weight excluding hydrogens is 358 g/mol. The van der Waals surface area contributed by atoms with E-state index in [0.717, 1.165) is 34.5 Å². The molecular formula is C17H19N3O3S2. The molecule has 1 atom stereocenters. The van der Waals surface area contributed by atoms with E-state index >= 15 is 0 Å². The first-order chi connectivity index (χ1) is 12.0. The van der Waals surface area contributed by atoms with Gasteiger partial charge in [0.1, 0.15) is 15.6 Å². The Morgan fingerprint density at radius 3 is 2.76 bits per heavy atom. The van der Waals surface area contributed by atoms with Gasteiger partial charge in [0.25, 0.3) is 0 Å². The molecule has 3 aromatic rings. The fourth-order valence-electron chi connectivity index (χ4n) is 3.43. The third kappa shape index (κ3) is 2.78. The van der Waals surface area contributed by atoms with Gasteiger partial charge in [-0.25, -0.2) is 13.4 Å². The third-order valence-corrected chi connectivity index (χ3v) is 7.87. The van der Waals surface area contributed by atoms with Gasteiger partial charge in [-0.05, 0) is 38.8 Å². The molecule has 1 fully saturated rings. The van der Waals surface area contributed by atoms with E-state index in [1.54, 1.807) is 29.5 Å². The van der Waals surface area contributed by atoms with Crippen molar-refractivity contribution >= 4 is 31.6 Å². The van der Waals surface area contributed by atoms with Gasteiger partial charge in [0.05, 0.1) is 16.3 Å². The number of rotatable bonds is 3. The van der Waals surface area contributed by atoms with Crippen LogP contribution in [-0.4, -0.2) is 29.4 Å². The van der Waals surface area contributed by atoms with E-state index in [2.05, 4.69) is 5.16 Å². The second-order valence-electron chi connectivity index (χ2n) is 6.30. The van der Waals surface area contributed by atoms with E-state index in [1.807, 2.05) is 24.3 Å². The normalized spacial score (nSPS) is 19.5. The minimum Gasteiger partial charge on any atom is -0.360 e. The molecule has 1 saturated heterocycles. The van der Waals surface area contributed by atoms with Crippen LogP contribution in [0.2, 0.25) is 0 Å². The molecule has 0 N–H and O–H groups in total. The van der Waals surface area contributed by atoms with Crippen LogP contribution in [0.15, 0.2) is 33.7 Å². The van der Waals surface area contributed by atoms with Crippen LogP contribution in [0.3, 0.4) is 0 Å². The molecule has 4 rings (SSSR count). The van der Waals surface area contributed by atoms with E-state index in [0.29, 0.717) is 18.0 Å². The van der Waals surface area contributed by atoms with Crippen LogP contribution in [0.4, 0.5) is 0 Å². The van der Waals surface area contributed by atoms with Crippen LogP contribution in [-0.2, 0) is 10.0 Å². The highest BCUT2D eigenvalue weighted by Crippen LogP contribution is 2.39. The molecule has 132 valence electrons. The first-order valence-electron chi connectivity index (χ1n) is 8.28. The molecule has 6 nitrogen and oxygen atoms in total. The molecule has 1 aromatic carbocycles. The topological polar surface area (TPSA) is 76.3 Å². The number of nitrogens with zero attached hydrogens (tertiary/aromatic N) is 3. The zero-order valence-electron chi connectivity index (χ0n) is 14.1. The molecule has 2 aromatic heterocycles. The Morgan fingerprint density at radius 2 is 2.04 bits per heavy atom. The van der Waals surface area contributed by atoms with E-state index in [4.69, 9.17) is 9.51 Å². The lowest BCUT2D eigenvalue weighted by atomic mass is 10.1. The molecule has 0 spiro atoms. The number of benzene rings is 1. The summed E-state index contributed by atoms with van der Waals surface area (Å²) < 4.78 is 34.3. The molecule has 0 aliphatic carbocycles. The number of piperidine rings is 1. The molecule has 0 bridgehead atoms. The number of fused-ring (bicyclic) bond motifs is 1. The molecule has 0 amide bonds. The zero-order chi connectivity index (χ0) is 17.6. The number of aromatic nitrogens is 2. The fourth-order valence-corrected chi connectivity index (χ4v) is 6.57. The van der Waals surface area contributed by atoms with Gasteiger partial charge < -0.3 is 4.52 Å². The summed E-state index contributed by atoms with van der Waals surface area (Å²) in [6, 6.07) is 7.68. The summed E-state index contributed by atoms with van der Waals surface area (Å²) in [5.41, 5.74) is 1.33. The standard InChI is InChI=1S/C17H19N3O3S2/c1-11-16(12(2)23-19-11)25(21,22)20-10-6-5-8-14(20)17-18-13-7-3-4-9-15(13)24-17/h3-4,7,9,14H,5-6,8,10H2,1-2H3. The highest BCUT2D eigenvalue weighted by molar-refractivity contribution is 7.89. The second kappa shape index (κ2) is 6.19. The molecule has 0 saturated carbocycles. The maximum atomic E-state index is 13.3. The van der Waals surface area contributed by atoms with Crippen LogP contribution in [0, 0.1) is 13.8 Å². The van der Waals surface area contributed by atoms with Crippen LogP contribution in [0.5, 0.6) is 0 Å². The van der Waals surface area contributed by atoms with E-state index < -0.39 is 10.0 Å². The predicted octanol–water partition coefficient (Wildman–Crippen LogP) is 3.82.